The minimum Gasteiger partial charge on any atom is -0.477 e. The Kier molecular flexibility index (Phi) is 6.99. The number of rotatable bonds is 8. The first-order valence-electron chi connectivity index (χ1n) is 9.75. The first kappa shape index (κ1) is 24.6. The zero-order valence-electron chi connectivity index (χ0n) is 18.0. The average molecular weight is 538 g/mol. The van der Waals surface area contributed by atoms with Crippen LogP contribution in [0.25, 0.3) is 0 Å². The summed E-state index contributed by atoms with van der Waals surface area (Å²) in [5.74, 6) is -1.60. The van der Waals surface area contributed by atoms with E-state index in [1.165, 1.54) is 35.2 Å². The molecule has 8 N–H and O–H groups in total. The number of oxime groups is 1. The maximum Gasteiger partial charge on any atom is 0.352 e. The second-order valence-electron chi connectivity index (χ2n) is 7.10. The van der Waals surface area contributed by atoms with Crippen molar-refractivity contribution in [2.24, 2.45) is 5.16 Å². The monoisotopic (exact) mass is 537 g/mol. The van der Waals surface area contributed by atoms with E-state index in [4.69, 9.17) is 22.0 Å². The van der Waals surface area contributed by atoms with E-state index in [9.17, 15) is 19.5 Å². The molecule has 2 aliphatic heterocycles. The Balaban J connectivity index is 1.49. The van der Waals surface area contributed by atoms with E-state index in [0.29, 0.717) is 16.5 Å². The Morgan fingerprint density at radius 1 is 1.31 bits per heavy atom. The zero-order chi connectivity index (χ0) is 25.3. The number of aromatic nitrogens is 3. The summed E-state index contributed by atoms with van der Waals surface area (Å²) in [6.07, 6.45) is 0. The number of carbonyl (C=O) groups excluding carboxylic acids is 2. The number of aliphatic carboxylic acids is 1. The molecule has 0 aromatic carbocycles. The molecule has 17 heteroatoms. The Labute approximate surface area is 210 Å². The van der Waals surface area contributed by atoms with Gasteiger partial charge in [0, 0.05) is 23.0 Å². The van der Waals surface area contributed by atoms with Gasteiger partial charge in [-0.1, -0.05) is 16.9 Å². The number of nitrogen functional groups attached to an aromatic ring is 3. The van der Waals surface area contributed by atoms with Crippen LogP contribution in [0.15, 0.2) is 33.0 Å². The van der Waals surface area contributed by atoms with Gasteiger partial charge in [0.2, 0.25) is 0 Å². The highest BCUT2D eigenvalue weighted by atomic mass is 32.2. The van der Waals surface area contributed by atoms with Crippen LogP contribution in [0.4, 0.5) is 16.8 Å². The van der Waals surface area contributed by atoms with Crippen molar-refractivity contribution in [3.63, 3.8) is 0 Å². The normalized spacial score (nSPS) is 19.7. The number of anilines is 3. The lowest BCUT2D eigenvalue weighted by molar-refractivity contribution is -0.150. The summed E-state index contributed by atoms with van der Waals surface area (Å²) in [5, 5.41) is 17.6. The summed E-state index contributed by atoms with van der Waals surface area (Å²) >= 11 is 3.60. The number of fused-ring (bicyclic) bond motifs is 1. The lowest BCUT2D eigenvalue weighted by atomic mass is 10.0. The van der Waals surface area contributed by atoms with Crippen LogP contribution in [-0.2, 0) is 19.2 Å². The molecular weight excluding hydrogens is 518 g/mol. The van der Waals surface area contributed by atoms with Gasteiger partial charge in [-0.3, -0.25) is 14.5 Å². The summed E-state index contributed by atoms with van der Waals surface area (Å²) in [6, 6.07) is 0.456. The van der Waals surface area contributed by atoms with E-state index in [0.717, 1.165) is 23.1 Å². The first-order valence-corrected chi connectivity index (χ1v) is 12.7. The number of amides is 2. The van der Waals surface area contributed by atoms with Gasteiger partial charge in [-0.05, 0) is 5.57 Å². The highest BCUT2D eigenvalue weighted by molar-refractivity contribution is 8.01. The van der Waals surface area contributed by atoms with Crippen molar-refractivity contribution in [2.45, 2.75) is 16.6 Å². The first-order chi connectivity index (χ1) is 16.7. The predicted molar refractivity (Wildman–Crippen MR) is 131 cm³/mol. The van der Waals surface area contributed by atoms with Crippen LogP contribution in [-0.4, -0.2) is 78.5 Å². The summed E-state index contributed by atoms with van der Waals surface area (Å²) < 4.78 is 0. The maximum absolute atomic E-state index is 12.9. The molecule has 14 nitrogen and oxygen atoms in total. The molecule has 2 amide bonds. The quantitative estimate of drug-likeness (QED) is 0.0947. The van der Waals surface area contributed by atoms with Gasteiger partial charge < -0.3 is 32.5 Å². The molecule has 1 fully saturated rings. The van der Waals surface area contributed by atoms with Gasteiger partial charge in [0.1, 0.15) is 41.6 Å². The van der Waals surface area contributed by atoms with Gasteiger partial charge in [-0.25, -0.2) is 19.7 Å². The summed E-state index contributed by atoms with van der Waals surface area (Å²) in [7, 11) is 1.27. The van der Waals surface area contributed by atoms with Crippen molar-refractivity contribution in [2.75, 3.05) is 35.8 Å². The highest BCUT2D eigenvalue weighted by Gasteiger charge is 2.54. The third kappa shape index (κ3) is 4.96. The second-order valence-corrected chi connectivity index (χ2v) is 10.0. The number of carbonyl (C=O) groups is 3. The van der Waals surface area contributed by atoms with Crippen LogP contribution < -0.4 is 22.5 Å². The molecule has 2 atom stereocenters. The van der Waals surface area contributed by atoms with Crippen molar-refractivity contribution >= 4 is 75.1 Å². The molecule has 2 aliphatic rings. The van der Waals surface area contributed by atoms with Crippen LogP contribution in [0.1, 0.15) is 5.69 Å². The maximum atomic E-state index is 12.9. The van der Waals surface area contributed by atoms with Crippen molar-refractivity contribution in [3.05, 3.63) is 28.4 Å². The number of nitrogens with zero attached hydrogens (tertiary/aromatic N) is 5. The number of nitrogens with two attached hydrogens (primary N) is 3. The highest BCUT2D eigenvalue weighted by Crippen LogP contribution is 2.41. The summed E-state index contributed by atoms with van der Waals surface area (Å²) in [5.41, 5.74) is 17.4. The fourth-order valence-corrected chi connectivity index (χ4v) is 6.28. The number of carboxylic acid groups (broad SMARTS) is 1. The Hall–Kier alpha value is -3.57. The van der Waals surface area contributed by atoms with Crippen LogP contribution in [0, 0.1) is 0 Å². The average Bonchev–Trinajstić information content (AvgIpc) is 3.23. The van der Waals surface area contributed by atoms with Gasteiger partial charge >= 0.3 is 5.97 Å². The van der Waals surface area contributed by atoms with Gasteiger partial charge in [-0.2, -0.15) is 0 Å². The smallest absolute Gasteiger partial charge is 0.352 e. The van der Waals surface area contributed by atoms with Gasteiger partial charge in [-0.15, -0.1) is 23.1 Å². The predicted octanol–water partition coefficient (Wildman–Crippen LogP) is -0.439. The molecule has 0 spiro atoms. The van der Waals surface area contributed by atoms with E-state index < -0.39 is 29.2 Å². The van der Waals surface area contributed by atoms with Crippen molar-refractivity contribution < 1.29 is 24.3 Å². The van der Waals surface area contributed by atoms with E-state index in [2.05, 4.69) is 25.4 Å². The SMILES string of the molecule is CON=C(C(=O)N[C@@H]1C(=O)N2C(C(=O)O)=C(CSc3nc(N)cc(N)n3)CS[C@@H]12)c1csc(N)n1. The molecule has 0 unspecified atom stereocenters. The minimum atomic E-state index is -1.25. The number of thioether (sulfide) groups is 2. The fraction of sp³-hybridized carbons (Fsp3) is 0.278. The third-order valence-electron chi connectivity index (χ3n) is 4.82. The van der Waals surface area contributed by atoms with Crippen molar-refractivity contribution in [1.82, 2.24) is 25.2 Å². The van der Waals surface area contributed by atoms with E-state index in [1.54, 1.807) is 0 Å². The number of hydrogen-bond acceptors (Lipinski definition) is 14. The van der Waals surface area contributed by atoms with Crippen molar-refractivity contribution in [1.29, 1.82) is 0 Å². The number of hydrogen-bond donors (Lipinski definition) is 5. The molecule has 0 saturated carbocycles. The molecule has 2 aromatic rings. The zero-order valence-corrected chi connectivity index (χ0v) is 20.4. The van der Waals surface area contributed by atoms with E-state index >= 15 is 0 Å². The molecule has 1 saturated heterocycles. The van der Waals surface area contributed by atoms with Gasteiger partial charge in [0.05, 0.1) is 0 Å². The van der Waals surface area contributed by atoms with Gasteiger partial charge in [0.15, 0.2) is 16.0 Å². The van der Waals surface area contributed by atoms with Crippen molar-refractivity contribution in [3.8, 4) is 0 Å². The number of nitrogens with one attached hydrogen (secondary N) is 1. The number of thiazole rings is 1. The topological polar surface area (TPSA) is 225 Å². The molecule has 4 heterocycles. The van der Waals surface area contributed by atoms with E-state index in [-0.39, 0.29) is 39.6 Å². The largest absolute Gasteiger partial charge is 0.477 e. The minimum absolute atomic E-state index is 0.133. The lowest BCUT2D eigenvalue weighted by Crippen LogP contribution is -2.71. The molecule has 0 radical (unpaired) electrons. The van der Waals surface area contributed by atoms with Crippen LogP contribution in [0.5, 0.6) is 0 Å². The molecular formula is C18H19N9O5S3. The lowest BCUT2D eigenvalue weighted by Gasteiger charge is -2.49. The van der Waals surface area contributed by atoms with E-state index in [1.807, 2.05) is 0 Å². The summed E-state index contributed by atoms with van der Waals surface area (Å²) in [6.45, 7) is 0. The second kappa shape index (κ2) is 9.96. The molecule has 2 aromatic heterocycles. The van der Waals surface area contributed by atoms with Crippen LogP contribution >= 0.6 is 34.9 Å². The number of carboxylic acids is 1. The number of β-lactam (4-membered cyclic amide) rings is 1. The molecule has 184 valence electrons. The Morgan fingerprint density at radius 3 is 2.63 bits per heavy atom. The van der Waals surface area contributed by atoms with Gasteiger partial charge in [0.25, 0.3) is 11.8 Å². The molecule has 35 heavy (non-hydrogen) atoms. The Morgan fingerprint density at radius 2 is 2.03 bits per heavy atom. The molecule has 0 bridgehead atoms. The molecule has 0 aliphatic carbocycles. The fourth-order valence-electron chi connectivity index (χ4n) is 3.37. The third-order valence-corrected chi connectivity index (χ3v) is 7.77. The standard InChI is InChI=1S/C18H19N9O5S3/c1-32-26-10(7-5-34-17(21)22-7)13(28)25-11-14(29)27-12(16(30)31)6(3-33-15(11)27)4-35-18-23-8(19)2-9(20)24-18/h2,5,11,15H,3-4H2,1H3,(H2,21,22)(H,25,28)(H,30,31)(H4,19,20,23,24)/t11-,15+/m1/s1. The molecule has 4 rings (SSSR count). The van der Waals surface area contributed by atoms with Crippen LogP contribution in [0.2, 0.25) is 0 Å². The summed E-state index contributed by atoms with van der Waals surface area (Å²) in [4.78, 5) is 55.8. The Bertz CT molecular complexity index is 1240. The van der Waals surface area contributed by atoms with Crippen LogP contribution in [0.3, 0.4) is 0 Å².